The van der Waals surface area contributed by atoms with Crippen LogP contribution < -0.4 is 5.32 Å². The molecule has 1 aliphatic heterocycles. The van der Waals surface area contributed by atoms with Crippen LogP contribution in [0, 0.1) is 0 Å². The van der Waals surface area contributed by atoms with Crippen molar-refractivity contribution in [2.24, 2.45) is 0 Å². The monoisotopic (exact) mass is 715 g/mol. The van der Waals surface area contributed by atoms with Gasteiger partial charge in [0.25, 0.3) is 0 Å². The molecule has 1 heterocycles. The third-order valence-corrected chi connectivity index (χ3v) is 10.1. The number of carbonyl (C=O) groups is 1. The predicted octanol–water partition coefficient (Wildman–Crippen LogP) is 1.54. The van der Waals surface area contributed by atoms with Gasteiger partial charge >= 0.3 is 7.82 Å². The Kier molecular flexibility index (Phi) is 20.7. The predicted molar refractivity (Wildman–Crippen MR) is 174 cm³/mol. The number of ether oxygens (including phenoxy) is 2. The summed E-state index contributed by atoms with van der Waals surface area (Å²) in [5.41, 5.74) is 0. The van der Waals surface area contributed by atoms with E-state index in [4.69, 9.17) is 18.5 Å². The number of hydrogen-bond acceptors (Lipinski definition) is 13. The third kappa shape index (κ3) is 14.5. The van der Waals surface area contributed by atoms with Gasteiger partial charge in [-0.15, -0.1) is 0 Å². The first-order valence-electron chi connectivity index (χ1n) is 17.8. The van der Waals surface area contributed by atoms with Gasteiger partial charge in [0.15, 0.2) is 6.29 Å². The Bertz CT molecular complexity index is 933. The standard InChI is InChI=1S/C32H62NO14P/c1-3-4-5-6-7-8-9-10-11-12-13-14-15-16-17-18-19-44-48(42,43)47-31-29(41)27(39)26(38)28(40)30(31)46-32-23(33-21(2)35)25(37)24(36)22(20-34)45-32/h22-32,34,36-41H,3-20H2,1-2H3,(H,33,35)(H,42,43)/t22-,23-,24-,25-,26-,27-,28+,29-,30-,31-,32-/m1/s1. The van der Waals surface area contributed by atoms with Crippen LogP contribution in [0.15, 0.2) is 0 Å². The normalized spacial score (nSPS) is 33.8. The van der Waals surface area contributed by atoms with Gasteiger partial charge in [0, 0.05) is 6.92 Å². The average Bonchev–Trinajstić information content (AvgIpc) is 3.05. The summed E-state index contributed by atoms with van der Waals surface area (Å²) < 4.78 is 34.2. The van der Waals surface area contributed by atoms with Gasteiger partial charge in [-0.3, -0.25) is 13.8 Å². The van der Waals surface area contributed by atoms with E-state index in [0.29, 0.717) is 6.42 Å². The molecular formula is C32H62NO14P. The maximum atomic E-state index is 12.8. The van der Waals surface area contributed by atoms with Crippen molar-refractivity contribution < 1.29 is 68.5 Å². The Morgan fingerprint density at radius 1 is 0.688 bits per heavy atom. The van der Waals surface area contributed by atoms with Crippen molar-refractivity contribution in [3.63, 3.8) is 0 Å². The number of phosphoric ester groups is 1. The van der Waals surface area contributed by atoms with Crippen molar-refractivity contribution in [2.75, 3.05) is 13.2 Å². The summed E-state index contributed by atoms with van der Waals surface area (Å²) in [5.74, 6) is -0.666. The molecule has 2 rings (SSSR count). The Labute approximate surface area is 284 Å². The van der Waals surface area contributed by atoms with Crippen LogP contribution in [-0.4, -0.2) is 127 Å². The van der Waals surface area contributed by atoms with Crippen LogP contribution in [0.25, 0.3) is 0 Å². The Balaban J connectivity index is 1.80. The highest BCUT2D eigenvalue weighted by Crippen LogP contribution is 2.47. The van der Waals surface area contributed by atoms with Crippen LogP contribution in [0.4, 0.5) is 0 Å². The number of aliphatic hydroxyl groups is 7. The lowest BCUT2D eigenvalue weighted by atomic mass is 9.84. The first-order valence-corrected chi connectivity index (χ1v) is 19.3. The molecule has 1 amide bonds. The van der Waals surface area contributed by atoms with Crippen LogP contribution in [-0.2, 0) is 27.9 Å². The minimum absolute atomic E-state index is 0.146. The van der Waals surface area contributed by atoms with E-state index in [2.05, 4.69) is 12.2 Å². The number of rotatable bonds is 24. The molecule has 2 aliphatic rings. The number of phosphoric acid groups is 1. The molecule has 0 spiro atoms. The van der Waals surface area contributed by atoms with E-state index in [1.807, 2.05) is 0 Å². The van der Waals surface area contributed by atoms with E-state index in [-0.39, 0.29) is 6.61 Å². The fourth-order valence-corrected chi connectivity index (χ4v) is 7.19. The average molecular weight is 716 g/mol. The molecule has 48 heavy (non-hydrogen) atoms. The Morgan fingerprint density at radius 3 is 1.60 bits per heavy atom. The van der Waals surface area contributed by atoms with Gasteiger partial charge in [0.1, 0.15) is 61.0 Å². The minimum Gasteiger partial charge on any atom is -0.394 e. The number of aliphatic hydroxyl groups excluding tert-OH is 7. The van der Waals surface area contributed by atoms with Crippen LogP contribution in [0.5, 0.6) is 0 Å². The highest BCUT2D eigenvalue weighted by Gasteiger charge is 2.55. The second kappa shape index (κ2) is 22.9. The SMILES string of the molecule is CCCCCCCCCCCCCCCCCCOP(=O)(O)O[C@@H]1[C@H](O)[C@H](O)[C@@H](O)[C@H](O)[C@H]1O[C@H]1O[C@H](CO)[C@@H](O)[C@H](O)[C@H]1NC(C)=O. The van der Waals surface area contributed by atoms with E-state index in [0.717, 1.165) is 32.6 Å². The number of carbonyl (C=O) groups excluding carboxylic acids is 1. The zero-order valence-corrected chi connectivity index (χ0v) is 29.4. The van der Waals surface area contributed by atoms with E-state index in [1.165, 1.54) is 70.6 Å². The number of hydrogen-bond donors (Lipinski definition) is 9. The first kappa shape index (κ1) is 43.4. The Hall–Kier alpha value is -0.780. The summed E-state index contributed by atoms with van der Waals surface area (Å²) in [6.45, 7) is 2.42. The van der Waals surface area contributed by atoms with Gasteiger partial charge in [-0.05, 0) is 6.42 Å². The summed E-state index contributed by atoms with van der Waals surface area (Å²) >= 11 is 0. The number of unbranched alkanes of at least 4 members (excludes halogenated alkanes) is 15. The maximum Gasteiger partial charge on any atom is 0.472 e. The zero-order valence-electron chi connectivity index (χ0n) is 28.6. The van der Waals surface area contributed by atoms with Crippen LogP contribution >= 0.6 is 7.82 Å². The summed E-state index contributed by atoms with van der Waals surface area (Å²) in [6, 6.07) is -1.47. The number of nitrogens with one attached hydrogen (secondary N) is 1. The highest BCUT2D eigenvalue weighted by molar-refractivity contribution is 7.47. The van der Waals surface area contributed by atoms with Gasteiger partial charge in [-0.25, -0.2) is 4.57 Å². The molecule has 1 aliphatic carbocycles. The molecule has 16 heteroatoms. The molecule has 1 saturated carbocycles. The smallest absolute Gasteiger partial charge is 0.394 e. The quantitative estimate of drug-likeness (QED) is 0.0509. The second-order valence-electron chi connectivity index (χ2n) is 13.2. The molecule has 2 fully saturated rings. The van der Waals surface area contributed by atoms with E-state index in [1.54, 1.807) is 0 Å². The van der Waals surface area contributed by atoms with E-state index < -0.39 is 87.6 Å². The molecule has 9 N–H and O–H groups in total. The topological polar surface area (TPSA) is 245 Å². The van der Waals surface area contributed by atoms with Gasteiger partial charge in [0.2, 0.25) is 5.91 Å². The number of amides is 1. The lowest BCUT2D eigenvalue weighted by Crippen LogP contribution is -2.69. The van der Waals surface area contributed by atoms with Crippen molar-refractivity contribution in [1.29, 1.82) is 0 Å². The molecule has 0 aromatic rings. The first-order chi connectivity index (χ1) is 22.8. The van der Waals surface area contributed by atoms with Crippen LogP contribution in [0.2, 0.25) is 0 Å². The van der Waals surface area contributed by atoms with Gasteiger partial charge in [-0.1, -0.05) is 103 Å². The van der Waals surface area contributed by atoms with Gasteiger partial charge in [0.05, 0.1) is 13.2 Å². The summed E-state index contributed by atoms with van der Waals surface area (Å²) in [5, 5.41) is 74.7. The lowest BCUT2D eigenvalue weighted by molar-refractivity contribution is -0.317. The van der Waals surface area contributed by atoms with Crippen molar-refractivity contribution in [3.05, 3.63) is 0 Å². The van der Waals surface area contributed by atoms with E-state index in [9.17, 15) is 50.0 Å². The fourth-order valence-electron chi connectivity index (χ4n) is 6.22. The molecule has 0 radical (unpaired) electrons. The zero-order chi connectivity index (χ0) is 35.7. The highest BCUT2D eigenvalue weighted by atomic mass is 31.2. The molecule has 284 valence electrons. The Morgan fingerprint density at radius 2 is 1.15 bits per heavy atom. The maximum absolute atomic E-state index is 12.8. The van der Waals surface area contributed by atoms with E-state index >= 15 is 0 Å². The molecule has 0 bridgehead atoms. The minimum atomic E-state index is -4.91. The molecule has 1 unspecified atom stereocenters. The summed E-state index contributed by atoms with van der Waals surface area (Å²) in [4.78, 5) is 22.2. The van der Waals surface area contributed by atoms with Crippen molar-refractivity contribution >= 4 is 13.7 Å². The van der Waals surface area contributed by atoms with Crippen LogP contribution in [0.3, 0.4) is 0 Å². The largest absolute Gasteiger partial charge is 0.472 e. The molecule has 12 atom stereocenters. The molecule has 15 nitrogen and oxygen atoms in total. The molecule has 0 aromatic carbocycles. The third-order valence-electron chi connectivity index (χ3n) is 9.10. The molecule has 1 saturated heterocycles. The fraction of sp³-hybridized carbons (Fsp3) is 0.969. The molecular weight excluding hydrogens is 653 g/mol. The molecule has 0 aromatic heterocycles. The lowest BCUT2D eigenvalue weighted by Gasteiger charge is -2.48. The van der Waals surface area contributed by atoms with Crippen molar-refractivity contribution in [2.45, 2.75) is 184 Å². The van der Waals surface area contributed by atoms with Crippen molar-refractivity contribution in [1.82, 2.24) is 5.32 Å². The van der Waals surface area contributed by atoms with Gasteiger partial charge in [-0.2, -0.15) is 0 Å². The summed E-state index contributed by atoms with van der Waals surface area (Å²) in [7, 11) is -4.91. The van der Waals surface area contributed by atoms with Crippen molar-refractivity contribution in [3.8, 4) is 0 Å². The van der Waals surface area contributed by atoms with Gasteiger partial charge < -0.3 is 55.4 Å². The second-order valence-corrected chi connectivity index (χ2v) is 14.6. The van der Waals surface area contributed by atoms with Crippen LogP contribution in [0.1, 0.15) is 117 Å². The summed E-state index contributed by atoms with van der Waals surface area (Å²) in [6.07, 6.45) is 0.183.